The van der Waals surface area contributed by atoms with E-state index in [0.717, 1.165) is 10.1 Å². The molecule has 0 aliphatic rings. The van der Waals surface area contributed by atoms with Gasteiger partial charge in [0.2, 0.25) is 0 Å². The number of benzene rings is 1. The summed E-state index contributed by atoms with van der Waals surface area (Å²) in [6, 6.07) is 5.52. The van der Waals surface area contributed by atoms with Crippen LogP contribution in [0, 0.1) is 0 Å². The van der Waals surface area contributed by atoms with Crippen LogP contribution in [0.2, 0.25) is 0 Å². The first-order chi connectivity index (χ1) is 9.65. The van der Waals surface area contributed by atoms with Gasteiger partial charge in [-0.15, -0.1) is 0 Å². The molecule has 1 amide bonds. The van der Waals surface area contributed by atoms with E-state index in [0.29, 0.717) is 11.4 Å². The van der Waals surface area contributed by atoms with E-state index in [1.54, 1.807) is 19.3 Å². The Hall–Kier alpha value is -2.48. The summed E-state index contributed by atoms with van der Waals surface area (Å²) in [5, 5.41) is 7.01. The lowest BCUT2D eigenvalue weighted by Gasteiger charge is -2.15. The fourth-order valence-electron chi connectivity index (χ4n) is 1.94. The standard InChI is InChI=1S/C12H11N5O2S/c1-17(6-9-14-12(19)16-15-9)11(18)8-4-2-3-7-5-13-20-10(7)8/h2-5H,6H2,1H3,(H2,14,15,16,19). The molecule has 0 radical (unpaired) electrons. The lowest BCUT2D eigenvalue weighted by atomic mass is 10.1. The summed E-state index contributed by atoms with van der Waals surface area (Å²) in [4.78, 5) is 27.4. The zero-order valence-electron chi connectivity index (χ0n) is 10.6. The van der Waals surface area contributed by atoms with Gasteiger partial charge in [0.1, 0.15) is 0 Å². The summed E-state index contributed by atoms with van der Waals surface area (Å²) in [6.07, 6.45) is 1.74. The molecule has 8 heteroatoms. The molecule has 0 saturated carbocycles. The Morgan fingerprint density at radius 2 is 2.30 bits per heavy atom. The van der Waals surface area contributed by atoms with Gasteiger partial charge in [0.15, 0.2) is 5.82 Å². The first-order valence-corrected chi connectivity index (χ1v) is 6.65. The Morgan fingerprint density at radius 3 is 3.05 bits per heavy atom. The van der Waals surface area contributed by atoms with Crippen molar-refractivity contribution < 1.29 is 4.79 Å². The van der Waals surface area contributed by atoms with Crippen LogP contribution >= 0.6 is 11.5 Å². The number of nitrogens with zero attached hydrogens (tertiary/aromatic N) is 3. The minimum atomic E-state index is -0.384. The molecule has 3 rings (SSSR count). The third kappa shape index (κ3) is 2.21. The highest BCUT2D eigenvalue weighted by molar-refractivity contribution is 7.13. The quantitative estimate of drug-likeness (QED) is 0.751. The average Bonchev–Trinajstić information content (AvgIpc) is 3.06. The third-order valence-corrected chi connectivity index (χ3v) is 3.74. The fourth-order valence-corrected chi connectivity index (χ4v) is 2.70. The van der Waals surface area contributed by atoms with Gasteiger partial charge in [-0.25, -0.2) is 9.89 Å². The normalized spacial score (nSPS) is 10.8. The van der Waals surface area contributed by atoms with Crippen molar-refractivity contribution in [2.45, 2.75) is 6.54 Å². The van der Waals surface area contributed by atoms with Crippen LogP contribution in [0.25, 0.3) is 10.1 Å². The van der Waals surface area contributed by atoms with Gasteiger partial charge in [0, 0.05) is 18.6 Å². The molecule has 3 aromatic rings. The minimum Gasteiger partial charge on any atom is -0.334 e. The Labute approximate surface area is 117 Å². The maximum absolute atomic E-state index is 12.4. The van der Waals surface area contributed by atoms with Gasteiger partial charge in [-0.1, -0.05) is 12.1 Å². The number of carbonyl (C=O) groups is 1. The van der Waals surface area contributed by atoms with Gasteiger partial charge in [-0.05, 0) is 17.6 Å². The lowest BCUT2D eigenvalue weighted by Crippen LogP contribution is -2.27. The molecule has 2 N–H and O–H groups in total. The zero-order chi connectivity index (χ0) is 14.1. The second kappa shape index (κ2) is 4.89. The number of aromatic amines is 2. The van der Waals surface area contributed by atoms with Crippen molar-refractivity contribution in [3.05, 3.63) is 46.3 Å². The van der Waals surface area contributed by atoms with Crippen molar-refractivity contribution in [1.29, 1.82) is 0 Å². The Morgan fingerprint density at radius 1 is 1.45 bits per heavy atom. The number of hydrogen-bond donors (Lipinski definition) is 2. The molecule has 0 unspecified atom stereocenters. The van der Waals surface area contributed by atoms with Crippen molar-refractivity contribution >= 4 is 27.5 Å². The molecule has 20 heavy (non-hydrogen) atoms. The van der Waals surface area contributed by atoms with E-state index in [-0.39, 0.29) is 18.1 Å². The molecule has 0 saturated heterocycles. The molecule has 7 nitrogen and oxygen atoms in total. The third-order valence-electron chi connectivity index (χ3n) is 2.90. The molecule has 0 aliphatic heterocycles. The smallest absolute Gasteiger partial charge is 0.334 e. The number of amides is 1. The van der Waals surface area contributed by atoms with E-state index in [1.807, 2.05) is 12.1 Å². The van der Waals surface area contributed by atoms with E-state index in [9.17, 15) is 9.59 Å². The molecule has 0 bridgehead atoms. The first kappa shape index (κ1) is 12.5. The molecule has 0 fully saturated rings. The number of carbonyl (C=O) groups excluding carboxylic acids is 1. The monoisotopic (exact) mass is 289 g/mol. The van der Waals surface area contributed by atoms with E-state index in [1.165, 1.54) is 16.4 Å². The van der Waals surface area contributed by atoms with Crippen molar-refractivity contribution in [3.63, 3.8) is 0 Å². The van der Waals surface area contributed by atoms with Gasteiger partial charge >= 0.3 is 5.69 Å². The number of rotatable bonds is 3. The second-order valence-corrected chi connectivity index (χ2v) is 5.14. The molecule has 0 atom stereocenters. The van der Waals surface area contributed by atoms with Gasteiger partial charge in [-0.2, -0.15) is 9.47 Å². The Bertz CT molecular complexity index is 818. The summed E-state index contributed by atoms with van der Waals surface area (Å²) in [5.74, 6) is 0.283. The van der Waals surface area contributed by atoms with Gasteiger partial charge < -0.3 is 4.90 Å². The summed E-state index contributed by atoms with van der Waals surface area (Å²) in [7, 11) is 1.66. The number of nitrogens with one attached hydrogen (secondary N) is 2. The van der Waals surface area contributed by atoms with Gasteiger partial charge in [0.05, 0.1) is 16.8 Å². The molecule has 102 valence electrons. The first-order valence-electron chi connectivity index (χ1n) is 5.87. The SMILES string of the molecule is CN(Cc1n[nH]c(=O)[nH]1)C(=O)c1cccc2cnsc12. The van der Waals surface area contributed by atoms with Gasteiger partial charge in [0.25, 0.3) is 5.91 Å². The number of H-pyrrole nitrogens is 2. The highest BCUT2D eigenvalue weighted by Crippen LogP contribution is 2.23. The van der Waals surface area contributed by atoms with Crippen LogP contribution in [0.15, 0.2) is 29.2 Å². The second-order valence-electron chi connectivity index (χ2n) is 4.34. The van der Waals surface area contributed by atoms with Crippen LogP contribution in [0.4, 0.5) is 0 Å². The lowest BCUT2D eigenvalue weighted by molar-refractivity contribution is 0.0784. The van der Waals surface area contributed by atoms with Crippen LogP contribution in [0.5, 0.6) is 0 Å². The Balaban J connectivity index is 1.88. The topological polar surface area (TPSA) is 94.7 Å². The molecular formula is C12H11N5O2S. The van der Waals surface area contributed by atoms with E-state index >= 15 is 0 Å². The molecule has 2 aromatic heterocycles. The molecule has 2 heterocycles. The largest absolute Gasteiger partial charge is 0.340 e. The maximum atomic E-state index is 12.4. The van der Waals surface area contributed by atoms with E-state index < -0.39 is 0 Å². The fraction of sp³-hybridized carbons (Fsp3) is 0.167. The van der Waals surface area contributed by atoms with Crippen molar-refractivity contribution in [2.24, 2.45) is 0 Å². The number of fused-ring (bicyclic) bond motifs is 1. The van der Waals surface area contributed by atoms with Crippen LogP contribution in [-0.2, 0) is 6.54 Å². The zero-order valence-corrected chi connectivity index (χ0v) is 11.4. The van der Waals surface area contributed by atoms with Crippen LogP contribution in [0.1, 0.15) is 16.2 Å². The summed E-state index contributed by atoms with van der Waals surface area (Å²) in [6.45, 7) is 0.229. The summed E-state index contributed by atoms with van der Waals surface area (Å²) < 4.78 is 4.96. The minimum absolute atomic E-state index is 0.135. The predicted octanol–water partition coefficient (Wildman–Crippen LogP) is 0.980. The number of aromatic nitrogens is 4. The molecule has 0 aliphatic carbocycles. The number of hydrogen-bond acceptors (Lipinski definition) is 5. The van der Waals surface area contributed by atoms with E-state index in [4.69, 9.17) is 0 Å². The maximum Gasteiger partial charge on any atom is 0.340 e. The molecule has 1 aromatic carbocycles. The van der Waals surface area contributed by atoms with Crippen molar-refractivity contribution in [1.82, 2.24) is 24.5 Å². The summed E-state index contributed by atoms with van der Waals surface area (Å²) >= 11 is 1.29. The van der Waals surface area contributed by atoms with Crippen LogP contribution in [-0.4, -0.2) is 37.4 Å². The van der Waals surface area contributed by atoms with E-state index in [2.05, 4.69) is 19.6 Å². The Kier molecular flexibility index (Phi) is 3.07. The highest BCUT2D eigenvalue weighted by Gasteiger charge is 2.17. The van der Waals surface area contributed by atoms with Crippen molar-refractivity contribution in [3.8, 4) is 0 Å². The summed E-state index contributed by atoms with van der Waals surface area (Å²) in [5.41, 5.74) is 0.218. The van der Waals surface area contributed by atoms with Crippen molar-refractivity contribution in [2.75, 3.05) is 7.05 Å². The predicted molar refractivity (Wildman–Crippen MR) is 74.6 cm³/mol. The molecular weight excluding hydrogens is 278 g/mol. The van der Waals surface area contributed by atoms with Gasteiger partial charge in [-0.3, -0.25) is 9.78 Å². The average molecular weight is 289 g/mol. The molecule has 0 spiro atoms. The van der Waals surface area contributed by atoms with Crippen LogP contribution in [0.3, 0.4) is 0 Å². The van der Waals surface area contributed by atoms with Crippen LogP contribution < -0.4 is 5.69 Å². The highest BCUT2D eigenvalue weighted by atomic mass is 32.1.